The molecule has 0 aliphatic carbocycles. The van der Waals surface area contributed by atoms with E-state index < -0.39 is 10.9 Å². The van der Waals surface area contributed by atoms with Crippen molar-refractivity contribution in [3.05, 3.63) is 63.2 Å². The average Bonchev–Trinajstić information content (AvgIpc) is 2.42. The summed E-state index contributed by atoms with van der Waals surface area (Å²) >= 11 is 5.75. The number of carboxylic acid groups (broad SMARTS) is 1. The van der Waals surface area contributed by atoms with Crippen LogP contribution in [0.4, 0.5) is 17.1 Å². The SMILES string of the molecule is O=C(O)Cc1ccccc1Nc1ccc(Cl)c([N+](=O)[O-])c1. The van der Waals surface area contributed by atoms with Crippen molar-refractivity contribution in [2.75, 3.05) is 5.32 Å². The van der Waals surface area contributed by atoms with Gasteiger partial charge in [-0.1, -0.05) is 29.8 Å². The van der Waals surface area contributed by atoms with Crippen LogP contribution in [0.15, 0.2) is 42.5 Å². The maximum atomic E-state index is 10.9. The Labute approximate surface area is 125 Å². The number of nitrogens with zero attached hydrogens (tertiary/aromatic N) is 1. The Morgan fingerprint density at radius 1 is 1.29 bits per heavy atom. The average molecular weight is 307 g/mol. The first-order chi connectivity index (χ1) is 9.97. The molecule has 2 rings (SSSR count). The summed E-state index contributed by atoms with van der Waals surface area (Å²) in [5.41, 5.74) is 1.42. The lowest BCUT2D eigenvalue weighted by Gasteiger charge is -2.11. The number of anilines is 2. The number of nitro groups is 1. The molecule has 2 aromatic carbocycles. The summed E-state index contributed by atoms with van der Waals surface area (Å²) in [6.07, 6.45) is -0.140. The quantitative estimate of drug-likeness (QED) is 0.650. The van der Waals surface area contributed by atoms with E-state index in [-0.39, 0.29) is 17.1 Å². The number of halogens is 1. The molecule has 0 saturated carbocycles. The van der Waals surface area contributed by atoms with Gasteiger partial charge in [0.05, 0.1) is 11.3 Å². The molecule has 0 spiro atoms. The fraction of sp³-hybridized carbons (Fsp3) is 0.0714. The zero-order chi connectivity index (χ0) is 15.4. The van der Waals surface area contributed by atoms with Crippen molar-refractivity contribution in [1.82, 2.24) is 0 Å². The van der Waals surface area contributed by atoms with Gasteiger partial charge in [0.25, 0.3) is 5.69 Å². The van der Waals surface area contributed by atoms with Crippen molar-refractivity contribution in [2.45, 2.75) is 6.42 Å². The van der Waals surface area contributed by atoms with Crippen LogP contribution < -0.4 is 5.32 Å². The highest BCUT2D eigenvalue weighted by Gasteiger charge is 2.13. The number of nitrogens with one attached hydrogen (secondary N) is 1. The summed E-state index contributed by atoms with van der Waals surface area (Å²) in [6, 6.07) is 11.2. The minimum Gasteiger partial charge on any atom is -0.481 e. The van der Waals surface area contributed by atoms with Crippen molar-refractivity contribution < 1.29 is 14.8 Å². The molecule has 0 unspecified atom stereocenters. The number of hydrogen-bond acceptors (Lipinski definition) is 4. The second-order valence-electron chi connectivity index (χ2n) is 4.28. The van der Waals surface area contributed by atoms with Crippen LogP contribution in [-0.4, -0.2) is 16.0 Å². The summed E-state index contributed by atoms with van der Waals surface area (Å²) < 4.78 is 0. The van der Waals surface area contributed by atoms with E-state index in [1.165, 1.54) is 12.1 Å². The summed E-state index contributed by atoms with van der Waals surface area (Å²) in [5, 5.41) is 22.8. The van der Waals surface area contributed by atoms with Gasteiger partial charge >= 0.3 is 5.97 Å². The molecule has 0 aromatic heterocycles. The normalized spacial score (nSPS) is 10.1. The molecule has 2 aromatic rings. The Kier molecular flexibility index (Phi) is 4.39. The molecular weight excluding hydrogens is 296 g/mol. The zero-order valence-corrected chi connectivity index (χ0v) is 11.5. The molecule has 0 fully saturated rings. The first-order valence-corrected chi connectivity index (χ1v) is 6.36. The molecule has 2 N–H and O–H groups in total. The molecule has 0 saturated heterocycles. The Morgan fingerprint density at radius 3 is 2.67 bits per heavy atom. The number of aliphatic carboxylic acids is 1. The van der Waals surface area contributed by atoms with E-state index >= 15 is 0 Å². The number of benzene rings is 2. The summed E-state index contributed by atoms with van der Waals surface area (Å²) in [4.78, 5) is 21.1. The van der Waals surface area contributed by atoms with Crippen LogP contribution in [0.5, 0.6) is 0 Å². The zero-order valence-electron chi connectivity index (χ0n) is 10.7. The molecule has 0 aliphatic heterocycles. The third kappa shape index (κ3) is 3.70. The van der Waals surface area contributed by atoms with Gasteiger partial charge in [0, 0.05) is 17.4 Å². The van der Waals surface area contributed by atoms with Crippen LogP contribution in [0, 0.1) is 10.1 Å². The Morgan fingerprint density at radius 2 is 2.00 bits per heavy atom. The Bertz CT molecular complexity index is 703. The molecule has 6 nitrogen and oxygen atoms in total. The van der Waals surface area contributed by atoms with Crippen molar-refractivity contribution in [2.24, 2.45) is 0 Å². The topological polar surface area (TPSA) is 92.5 Å². The van der Waals surface area contributed by atoms with Crippen LogP contribution in [0.3, 0.4) is 0 Å². The van der Waals surface area contributed by atoms with Gasteiger partial charge < -0.3 is 10.4 Å². The van der Waals surface area contributed by atoms with Gasteiger partial charge in [0.1, 0.15) is 5.02 Å². The van der Waals surface area contributed by atoms with E-state index in [9.17, 15) is 14.9 Å². The van der Waals surface area contributed by atoms with Gasteiger partial charge in [-0.15, -0.1) is 0 Å². The molecule has 108 valence electrons. The number of para-hydroxylation sites is 1. The van der Waals surface area contributed by atoms with E-state index in [0.717, 1.165) is 0 Å². The maximum Gasteiger partial charge on any atom is 0.307 e. The second-order valence-corrected chi connectivity index (χ2v) is 4.68. The van der Waals surface area contributed by atoms with Gasteiger partial charge in [-0.3, -0.25) is 14.9 Å². The third-order valence-corrected chi connectivity index (χ3v) is 3.10. The molecule has 0 aliphatic rings. The Hall–Kier alpha value is -2.60. The highest BCUT2D eigenvalue weighted by Crippen LogP contribution is 2.29. The molecule has 0 radical (unpaired) electrons. The van der Waals surface area contributed by atoms with Crippen LogP contribution >= 0.6 is 11.6 Å². The number of carbonyl (C=O) groups is 1. The lowest BCUT2D eigenvalue weighted by Crippen LogP contribution is -2.03. The first kappa shape index (κ1) is 14.8. The largest absolute Gasteiger partial charge is 0.481 e. The number of carboxylic acids is 1. The smallest absolute Gasteiger partial charge is 0.307 e. The minimum atomic E-state index is -0.952. The summed E-state index contributed by atoms with van der Waals surface area (Å²) in [5.74, 6) is -0.952. The van der Waals surface area contributed by atoms with Crippen molar-refractivity contribution >= 4 is 34.6 Å². The van der Waals surface area contributed by atoms with E-state index in [1.54, 1.807) is 30.3 Å². The number of rotatable bonds is 5. The predicted molar refractivity (Wildman–Crippen MR) is 79.2 cm³/mol. The van der Waals surface area contributed by atoms with E-state index in [4.69, 9.17) is 16.7 Å². The lowest BCUT2D eigenvalue weighted by molar-refractivity contribution is -0.384. The van der Waals surface area contributed by atoms with Gasteiger partial charge in [-0.2, -0.15) is 0 Å². The van der Waals surface area contributed by atoms with Crippen molar-refractivity contribution in [1.29, 1.82) is 0 Å². The number of nitro benzene ring substituents is 1. The first-order valence-electron chi connectivity index (χ1n) is 5.98. The van der Waals surface area contributed by atoms with Gasteiger partial charge in [-0.25, -0.2) is 0 Å². The molecule has 0 amide bonds. The Balaban J connectivity index is 2.32. The van der Waals surface area contributed by atoms with Crippen molar-refractivity contribution in [3.63, 3.8) is 0 Å². The third-order valence-electron chi connectivity index (χ3n) is 2.78. The molecular formula is C14H11ClN2O4. The fourth-order valence-corrected chi connectivity index (χ4v) is 2.03. The molecule has 7 heteroatoms. The summed E-state index contributed by atoms with van der Waals surface area (Å²) in [6.45, 7) is 0. The highest BCUT2D eigenvalue weighted by atomic mass is 35.5. The molecule has 0 atom stereocenters. The van der Waals surface area contributed by atoms with E-state index in [1.807, 2.05) is 0 Å². The predicted octanol–water partition coefficient (Wildman–Crippen LogP) is 3.62. The van der Waals surface area contributed by atoms with Crippen molar-refractivity contribution in [3.8, 4) is 0 Å². The fourth-order valence-electron chi connectivity index (χ4n) is 1.85. The van der Waals surface area contributed by atoms with Gasteiger partial charge in [0.2, 0.25) is 0 Å². The maximum absolute atomic E-state index is 10.9. The molecule has 0 heterocycles. The molecule has 21 heavy (non-hydrogen) atoms. The van der Waals surface area contributed by atoms with E-state index in [0.29, 0.717) is 16.9 Å². The lowest BCUT2D eigenvalue weighted by atomic mass is 10.1. The number of hydrogen-bond donors (Lipinski definition) is 2. The van der Waals surface area contributed by atoms with Gasteiger partial charge in [-0.05, 0) is 23.8 Å². The van der Waals surface area contributed by atoms with Crippen LogP contribution in [-0.2, 0) is 11.2 Å². The summed E-state index contributed by atoms with van der Waals surface area (Å²) in [7, 11) is 0. The van der Waals surface area contributed by atoms with Crippen LogP contribution in [0.2, 0.25) is 5.02 Å². The highest BCUT2D eigenvalue weighted by molar-refractivity contribution is 6.32. The minimum absolute atomic E-state index is 0.0457. The van der Waals surface area contributed by atoms with Gasteiger partial charge in [0.15, 0.2) is 0 Å². The monoisotopic (exact) mass is 306 g/mol. The van der Waals surface area contributed by atoms with Crippen LogP contribution in [0.25, 0.3) is 0 Å². The molecule has 0 bridgehead atoms. The standard InChI is InChI=1S/C14H11ClN2O4/c15-11-6-5-10(8-13(11)17(20)21)16-12-4-2-1-3-9(12)7-14(18)19/h1-6,8,16H,7H2,(H,18,19). The second kappa shape index (κ2) is 6.23. The van der Waals surface area contributed by atoms with Crippen LogP contribution in [0.1, 0.15) is 5.56 Å². The van der Waals surface area contributed by atoms with E-state index in [2.05, 4.69) is 5.32 Å².